The van der Waals surface area contributed by atoms with E-state index in [-0.39, 0.29) is 30.9 Å². The maximum absolute atomic E-state index is 12.7. The molecule has 2 fully saturated rings. The number of amides is 2. The van der Waals surface area contributed by atoms with Gasteiger partial charge in [0.15, 0.2) is 0 Å². The van der Waals surface area contributed by atoms with Crippen molar-refractivity contribution in [1.82, 2.24) is 9.80 Å². The highest BCUT2D eigenvalue weighted by Gasteiger charge is 2.36. The zero-order chi connectivity index (χ0) is 21.0. The number of piperidine rings is 2. The van der Waals surface area contributed by atoms with E-state index in [0.717, 1.165) is 24.3 Å². The van der Waals surface area contributed by atoms with Gasteiger partial charge in [0.25, 0.3) is 0 Å². The SMILES string of the molecule is Cc1ccc(OCC2(O)CCCN(CC(=O)N3CCC(C(N)=O)CC3)C2)cc1C. The number of ether oxygens (including phenoxy) is 1. The van der Waals surface area contributed by atoms with Crippen LogP contribution in [0.2, 0.25) is 0 Å². The van der Waals surface area contributed by atoms with E-state index in [1.165, 1.54) is 5.56 Å². The molecule has 1 atom stereocenters. The molecule has 2 aliphatic heterocycles. The summed E-state index contributed by atoms with van der Waals surface area (Å²) < 4.78 is 5.87. The number of aryl methyl sites for hydroxylation is 2. The number of benzene rings is 1. The number of β-amino-alcohol motifs (C(OH)–C–C–N with tert-alkyl or cyclic N) is 1. The van der Waals surface area contributed by atoms with Crippen molar-refractivity contribution < 1.29 is 19.4 Å². The van der Waals surface area contributed by atoms with Crippen LogP contribution in [0.15, 0.2) is 18.2 Å². The van der Waals surface area contributed by atoms with Crippen LogP contribution >= 0.6 is 0 Å². The molecule has 0 radical (unpaired) electrons. The summed E-state index contributed by atoms with van der Waals surface area (Å²) in [6, 6.07) is 5.92. The van der Waals surface area contributed by atoms with E-state index in [1.807, 2.05) is 30.0 Å². The van der Waals surface area contributed by atoms with E-state index in [4.69, 9.17) is 10.5 Å². The van der Waals surface area contributed by atoms with Crippen LogP contribution < -0.4 is 10.5 Å². The second kappa shape index (κ2) is 9.13. The highest BCUT2D eigenvalue weighted by Crippen LogP contribution is 2.24. The minimum absolute atomic E-state index is 0.0484. The molecule has 29 heavy (non-hydrogen) atoms. The van der Waals surface area contributed by atoms with Gasteiger partial charge < -0.3 is 20.5 Å². The first-order valence-corrected chi connectivity index (χ1v) is 10.5. The molecule has 0 aromatic heterocycles. The fourth-order valence-electron chi connectivity index (χ4n) is 4.18. The summed E-state index contributed by atoms with van der Waals surface area (Å²) in [7, 11) is 0. The van der Waals surface area contributed by atoms with Crippen molar-refractivity contribution in [2.75, 3.05) is 39.3 Å². The van der Waals surface area contributed by atoms with Gasteiger partial charge in [0.2, 0.25) is 11.8 Å². The van der Waals surface area contributed by atoms with Crippen molar-refractivity contribution >= 4 is 11.8 Å². The highest BCUT2D eigenvalue weighted by molar-refractivity contribution is 5.80. The van der Waals surface area contributed by atoms with Crippen LogP contribution in [0.25, 0.3) is 0 Å². The summed E-state index contributed by atoms with van der Waals surface area (Å²) in [6.07, 6.45) is 2.75. The van der Waals surface area contributed by atoms with Crippen LogP contribution in [0.4, 0.5) is 0 Å². The Bertz CT molecular complexity index is 746. The Morgan fingerprint density at radius 1 is 1.21 bits per heavy atom. The zero-order valence-electron chi connectivity index (χ0n) is 17.5. The maximum Gasteiger partial charge on any atom is 0.236 e. The first kappa shape index (κ1) is 21.6. The molecule has 3 N–H and O–H groups in total. The van der Waals surface area contributed by atoms with E-state index < -0.39 is 5.60 Å². The molecule has 160 valence electrons. The van der Waals surface area contributed by atoms with Crippen LogP contribution in [0, 0.1) is 19.8 Å². The fourth-order valence-corrected chi connectivity index (χ4v) is 4.18. The number of carbonyl (C=O) groups excluding carboxylic acids is 2. The molecule has 1 aromatic carbocycles. The third-order valence-corrected chi connectivity index (χ3v) is 6.23. The van der Waals surface area contributed by atoms with Gasteiger partial charge in [-0.15, -0.1) is 0 Å². The average Bonchev–Trinajstić information content (AvgIpc) is 2.69. The predicted octanol–water partition coefficient (Wildman–Crippen LogP) is 1.23. The summed E-state index contributed by atoms with van der Waals surface area (Å²) in [4.78, 5) is 27.8. The molecule has 0 spiro atoms. The molecule has 1 unspecified atom stereocenters. The number of aliphatic hydroxyl groups is 1. The van der Waals surface area contributed by atoms with E-state index in [9.17, 15) is 14.7 Å². The van der Waals surface area contributed by atoms with Gasteiger partial charge in [0, 0.05) is 25.6 Å². The minimum atomic E-state index is -0.962. The summed E-state index contributed by atoms with van der Waals surface area (Å²) in [5, 5.41) is 11.0. The number of hydrogen-bond donors (Lipinski definition) is 2. The Morgan fingerprint density at radius 3 is 2.59 bits per heavy atom. The third-order valence-electron chi connectivity index (χ3n) is 6.23. The number of nitrogens with zero attached hydrogens (tertiary/aromatic N) is 2. The maximum atomic E-state index is 12.7. The lowest BCUT2D eigenvalue weighted by molar-refractivity contribution is -0.137. The Kier molecular flexibility index (Phi) is 6.80. The zero-order valence-corrected chi connectivity index (χ0v) is 17.5. The van der Waals surface area contributed by atoms with Crippen molar-refractivity contribution in [3.8, 4) is 5.75 Å². The first-order chi connectivity index (χ1) is 13.8. The van der Waals surface area contributed by atoms with E-state index in [0.29, 0.717) is 38.9 Å². The van der Waals surface area contributed by atoms with Crippen molar-refractivity contribution in [3.63, 3.8) is 0 Å². The van der Waals surface area contributed by atoms with Crippen molar-refractivity contribution in [1.29, 1.82) is 0 Å². The molecule has 7 nitrogen and oxygen atoms in total. The lowest BCUT2D eigenvalue weighted by Gasteiger charge is -2.39. The number of primary amides is 1. The topological polar surface area (TPSA) is 96.1 Å². The Labute approximate surface area is 172 Å². The predicted molar refractivity (Wildman–Crippen MR) is 111 cm³/mol. The lowest BCUT2D eigenvalue weighted by atomic mass is 9.93. The summed E-state index contributed by atoms with van der Waals surface area (Å²) in [5.41, 5.74) is 6.77. The number of likely N-dealkylation sites (tertiary alicyclic amines) is 2. The van der Waals surface area contributed by atoms with Crippen molar-refractivity contribution in [3.05, 3.63) is 29.3 Å². The molecule has 2 amide bonds. The number of hydrogen-bond acceptors (Lipinski definition) is 5. The fraction of sp³-hybridized carbons (Fsp3) is 0.636. The minimum Gasteiger partial charge on any atom is -0.491 e. The lowest BCUT2D eigenvalue weighted by Crippen LogP contribution is -2.54. The molecule has 0 bridgehead atoms. The molecule has 2 saturated heterocycles. The van der Waals surface area contributed by atoms with Gasteiger partial charge in [-0.25, -0.2) is 0 Å². The molecule has 7 heteroatoms. The Hall–Kier alpha value is -2.12. The van der Waals surface area contributed by atoms with Crippen molar-refractivity contribution in [2.24, 2.45) is 11.7 Å². The molecule has 2 heterocycles. The summed E-state index contributed by atoms with van der Waals surface area (Å²) in [5.74, 6) is 0.406. The third kappa shape index (κ3) is 5.70. The van der Waals surface area contributed by atoms with E-state index in [1.54, 1.807) is 4.90 Å². The Morgan fingerprint density at radius 2 is 1.93 bits per heavy atom. The van der Waals surface area contributed by atoms with Crippen LogP contribution in [0.1, 0.15) is 36.8 Å². The van der Waals surface area contributed by atoms with Gasteiger partial charge in [-0.1, -0.05) is 6.07 Å². The molecule has 0 aliphatic carbocycles. The molecular weight excluding hydrogens is 370 g/mol. The molecule has 1 aromatic rings. The monoisotopic (exact) mass is 403 g/mol. The Balaban J connectivity index is 1.49. The smallest absolute Gasteiger partial charge is 0.236 e. The number of carbonyl (C=O) groups is 2. The standard InChI is InChI=1S/C22H33N3O4/c1-16-4-5-19(12-17(16)2)29-15-22(28)8-3-9-24(14-22)13-20(26)25-10-6-18(7-11-25)21(23)27/h4-5,12,18,28H,3,6-11,13-15H2,1-2H3,(H2,23,27). The second-order valence-electron chi connectivity index (χ2n) is 8.63. The van der Waals surface area contributed by atoms with Crippen LogP contribution in [-0.2, 0) is 9.59 Å². The van der Waals surface area contributed by atoms with Crippen LogP contribution in [0.3, 0.4) is 0 Å². The van der Waals surface area contributed by atoms with Gasteiger partial charge in [-0.3, -0.25) is 14.5 Å². The molecule has 3 rings (SSSR count). The summed E-state index contributed by atoms with van der Waals surface area (Å²) in [6.45, 7) is 6.94. The van der Waals surface area contributed by atoms with Gasteiger partial charge in [0.1, 0.15) is 18.0 Å². The van der Waals surface area contributed by atoms with Gasteiger partial charge in [0.05, 0.1) is 6.54 Å². The number of rotatable bonds is 6. The highest BCUT2D eigenvalue weighted by atomic mass is 16.5. The first-order valence-electron chi connectivity index (χ1n) is 10.5. The quantitative estimate of drug-likeness (QED) is 0.745. The summed E-state index contributed by atoms with van der Waals surface area (Å²) >= 11 is 0. The second-order valence-corrected chi connectivity index (χ2v) is 8.63. The van der Waals surface area contributed by atoms with E-state index in [2.05, 4.69) is 6.92 Å². The van der Waals surface area contributed by atoms with Crippen LogP contribution in [0.5, 0.6) is 5.75 Å². The molecule has 2 aliphatic rings. The van der Waals surface area contributed by atoms with E-state index >= 15 is 0 Å². The van der Waals surface area contributed by atoms with Gasteiger partial charge >= 0.3 is 0 Å². The van der Waals surface area contributed by atoms with Crippen molar-refractivity contribution in [2.45, 2.75) is 45.1 Å². The average molecular weight is 404 g/mol. The normalized spacial score (nSPS) is 23.8. The number of nitrogens with two attached hydrogens (primary N) is 1. The largest absolute Gasteiger partial charge is 0.491 e. The van der Waals surface area contributed by atoms with Crippen LogP contribution in [-0.4, -0.2) is 71.7 Å². The molecule has 0 saturated carbocycles. The molecular formula is C22H33N3O4. The van der Waals surface area contributed by atoms with Gasteiger partial charge in [-0.05, 0) is 69.3 Å². The van der Waals surface area contributed by atoms with Gasteiger partial charge in [-0.2, -0.15) is 0 Å².